The molecule has 128 valence electrons. The minimum atomic E-state index is 0.811. The minimum Gasteiger partial charge on any atom is -0.493 e. The highest BCUT2D eigenvalue weighted by atomic mass is 79.9. The fourth-order valence-corrected chi connectivity index (χ4v) is 3.86. The summed E-state index contributed by atoms with van der Waals surface area (Å²) < 4.78 is 12.1. The second-order valence-corrected chi connectivity index (χ2v) is 7.32. The third-order valence-electron chi connectivity index (χ3n) is 4.85. The fraction of sp³-hybridized carbons (Fsp3) is 0.400. The molecule has 0 spiro atoms. The number of aryl methyl sites for hydroxylation is 2. The number of benzene rings is 2. The zero-order chi connectivity index (χ0) is 17.3. The lowest BCUT2D eigenvalue weighted by Gasteiger charge is -2.30. The molecule has 3 nitrogen and oxygen atoms in total. The number of ether oxygens (including phenoxy) is 2. The molecule has 0 bridgehead atoms. The Hall–Kier alpha value is -1.52. The molecular weight excluding hydrogens is 366 g/mol. The van der Waals surface area contributed by atoms with Crippen LogP contribution in [0.25, 0.3) is 0 Å². The Kier molecular flexibility index (Phi) is 5.16. The normalized spacial score (nSPS) is 14.4. The lowest BCUT2D eigenvalue weighted by atomic mass is 9.98. The summed E-state index contributed by atoms with van der Waals surface area (Å²) in [6.45, 7) is 7.28. The first-order chi connectivity index (χ1) is 11.5. The van der Waals surface area contributed by atoms with Crippen LogP contribution in [0.5, 0.6) is 11.5 Å². The van der Waals surface area contributed by atoms with Crippen molar-refractivity contribution in [1.82, 2.24) is 4.90 Å². The van der Waals surface area contributed by atoms with Crippen molar-refractivity contribution in [3.63, 3.8) is 0 Å². The molecule has 1 aliphatic heterocycles. The van der Waals surface area contributed by atoms with Crippen molar-refractivity contribution in [2.24, 2.45) is 0 Å². The van der Waals surface area contributed by atoms with Gasteiger partial charge in [0, 0.05) is 24.1 Å². The molecule has 4 heteroatoms. The van der Waals surface area contributed by atoms with Crippen LogP contribution in [0.15, 0.2) is 28.7 Å². The zero-order valence-electron chi connectivity index (χ0n) is 14.8. The highest BCUT2D eigenvalue weighted by Crippen LogP contribution is 2.34. The Morgan fingerprint density at radius 2 is 1.58 bits per heavy atom. The molecule has 2 aromatic carbocycles. The predicted octanol–water partition coefficient (Wildman–Crippen LogP) is 4.64. The SMILES string of the molecule is COc1cc2c(cc1OC)CN(Cc1cc(C)c(C)cc1Br)CC2. The highest BCUT2D eigenvalue weighted by Gasteiger charge is 2.20. The molecule has 3 rings (SSSR count). The number of hydrogen-bond donors (Lipinski definition) is 0. The summed E-state index contributed by atoms with van der Waals surface area (Å²) >= 11 is 3.72. The largest absolute Gasteiger partial charge is 0.493 e. The van der Waals surface area contributed by atoms with Gasteiger partial charge < -0.3 is 9.47 Å². The first-order valence-corrected chi connectivity index (χ1v) is 9.03. The highest BCUT2D eigenvalue weighted by molar-refractivity contribution is 9.10. The Labute approximate surface area is 152 Å². The topological polar surface area (TPSA) is 21.7 Å². The van der Waals surface area contributed by atoms with E-state index in [0.29, 0.717) is 0 Å². The van der Waals surface area contributed by atoms with Gasteiger partial charge in [0.15, 0.2) is 11.5 Å². The van der Waals surface area contributed by atoms with Crippen LogP contribution in [-0.2, 0) is 19.5 Å². The van der Waals surface area contributed by atoms with E-state index < -0.39 is 0 Å². The second kappa shape index (κ2) is 7.16. The number of methoxy groups -OCH3 is 2. The monoisotopic (exact) mass is 389 g/mol. The van der Waals surface area contributed by atoms with Crippen molar-refractivity contribution < 1.29 is 9.47 Å². The summed E-state index contributed by atoms with van der Waals surface area (Å²) in [4.78, 5) is 2.49. The van der Waals surface area contributed by atoms with Crippen molar-refractivity contribution >= 4 is 15.9 Å². The van der Waals surface area contributed by atoms with Crippen LogP contribution in [0.3, 0.4) is 0 Å². The summed E-state index contributed by atoms with van der Waals surface area (Å²) in [6, 6.07) is 8.76. The van der Waals surface area contributed by atoms with Crippen molar-refractivity contribution in [1.29, 1.82) is 0 Å². The number of fused-ring (bicyclic) bond motifs is 1. The molecule has 2 aromatic rings. The smallest absolute Gasteiger partial charge is 0.161 e. The lowest BCUT2D eigenvalue weighted by Crippen LogP contribution is -2.30. The summed E-state index contributed by atoms with van der Waals surface area (Å²) in [7, 11) is 3.38. The van der Waals surface area contributed by atoms with E-state index in [4.69, 9.17) is 9.47 Å². The van der Waals surface area contributed by atoms with Gasteiger partial charge in [0.1, 0.15) is 0 Å². The Morgan fingerprint density at radius 3 is 2.25 bits per heavy atom. The molecule has 0 unspecified atom stereocenters. The van der Waals surface area contributed by atoms with Crippen LogP contribution < -0.4 is 9.47 Å². The molecule has 0 N–H and O–H groups in total. The van der Waals surface area contributed by atoms with Crippen molar-refractivity contribution in [2.45, 2.75) is 33.4 Å². The quantitative estimate of drug-likeness (QED) is 0.759. The number of hydrogen-bond acceptors (Lipinski definition) is 3. The number of halogens is 1. The van der Waals surface area contributed by atoms with Gasteiger partial charge in [-0.15, -0.1) is 0 Å². The Balaban J connectivity index is 1.81. The van der Waals surface area contributed by atoms with Crippen LogP contribution in [0, 0.1) is 13.8 Å². The van der Waals surface area contributed by atoms with Crippen LogP contribution in [-0.4, -0.2) is 25.7 Å². The molecule has 0 atom stereocenters. The van der Waals surface area contributed by atoms with Crippen LogP contribution in [0.4, 0.5) is 0 Å². The van der Waals surface area contributed by atoms with E-state index in [1.807, 2.05) is 0 Å². The molecular formula is C20H24BrNO2. The van der Waals surface area contributed by atoms with Crippen LogP contribution >= 0.6 is 15.9 Å². The average Bonchev–Trinajstić information content (AvgIpc) is 2.58. The summed E-state index contributed by atoms with van der Waals surface area (Å²) in [5.74, 6) is 1.63. The van der Waals surface area contributed by atoms with Gasteiger partial charge in [-0.25, -0.2) is 0 Å². The molecule has 0 radical (unpaired) electrons. The maximum atomic E-state index is 5.45. The van der Waals surface area contributed by atoms with E-state index in [2.05, 4.69) is 58.9 Å². The van der Waals surface area contributed by atoms with Gasteiger partial charge in [-0.2, -0.15) is 0 Å². The van der Waals surface area contributed by atoms with Gasteiger partial charge in [-0.05, 0) is 66.3 Å². The van der Waals surface area contributed by atoms with Crippen molar-refractivity contribution in [2.75, 3.05) is 20.8 Å². The third kappa shape index (κ3) is 3.45. The molecule has 0 saturated heterocycles. The maximum absolute atomic E-state index is 5.45. The summed E-state index contributed by atoms with van der Waals surface area (Å²) in [5.41, 5.74) is 6.72. The maximum Gasteiger partial charge on any atom is 0.161 e. The molecule has 0 amide bonds. The van der Waals surface area contributed by atoms with Gasteiger partial charge in [0.2, 0.25) is 0 Å². The molecule has 0 aliphatic carbocycles. The van der Waals surface area contributed by atoms with Gasteiger partial charge >= 0.3 is 0 Å². The third-order valence-corrected chi connectivity index (χ3v) is 5.59. The van der Waals surface area contributed by atoms with Crippen molar-refractivity contribution in [3.05, 3.63) is 56.6 Å². The van der Waals surface area contributed by atoms with Crippen LogP contribution in [0.2, 0.25) is 0 Å². The Morgan fingerprint density at radius 1 is 0.958 bits per heavy atom. The standard InChI is InChI=1S/C20H24BrNO2/c1-13-7-17(18(21)8-14(13)2)12-22-6-5-15-9-19(23-3)20(24-4)10-16(15)11-22/h7-10H,5-6,11-12H2,1-4H3. The molecule has 24 heavy (non-hydrogen) atoms. The lowest BCUT2D eigenvalue weighted by molar-refractivity contribution is 0.243. The summed E-state index contributed by atoms with van der Waals surface area (Å²) in [6.07, 6.45) is 1.04. The van der Waals surface area contributed by atoms with Gasteiger partial charge in [-0.1, -0.05) is 22.0 Å². The zero-order valence-corrected chi connectivity index (χ0v) is 16.4. The fourth-order valence-electron chi connectivity index (χ4n) is 3.28. The van der Waals surface area contributed by atoms with E-state index in [1.54, 1.807) is 14.2 Å². The number of nitrogens with zero attached hydrogens (tertiary/aromatic N) is 1. The van der Waals surface area contributed by atoms with Crippen molar-refractivity contribution in [3.8, 4) is 11.5 Å². The minimum absolute atomic E-state index is 0.811. The van der Waals surface area contributed by atoms with Crippen LogP contribution in [0.1, 0.15) is 27.8 Å². The molecule has 0 saturated carbocycles. The van der Waals surface area contributed by atoms with Gasteiger partial charge in [-0.3, -0.25) is 4.90 Å². The Bertz CT molecular complexity index is 758. The molecule has 0 aromatic heterocycles. The second-order valence-electron chi connectivity index (χ2n) is 6.46. The van der Waals surface area contributed by atoms with E-state index in [9.17, 15) is 0 Å². The van der Waals surface area contributed by atoms with E-state index in [0.717, 1.165) is 37.6 Å². The van der Waals surface area contributed by atoms with E-state index in [-0.39, 0.29) is 0 Å². The first kappa shape index (κ1) is 17.3. The van der Waals surface area contributed by atoms with E-state index in [1.165, 1.54) is 32.3 Å². The van der Waals surface area contributed by atoms with Gasteiger partial charge in [0.25, 0.3) is 0 Å². The van der Waals surface area contributed by atoms with Gasteiger partial charge in [0.05, 0.1) is 14.2 Å². The number of rotatable bonds is 4. The predicted molar refractivity (Wildman–Crippen MR) is 101 cm³/mol. The summed E-state index contributed by atoms with van der Waals surface area (Å²) in [5, 5.41) is 0. The average molecular weight is 390 g/mol. The molecule has 0 fully saturated rings. The molecule has 1 aliphatic rings. The van der Waals surface area contributed by atoms with E-state index >= 15 is 0 Å². The first-order valence-electron chi connectivity index (χ1n) is 8.23. The molecule has 1 heterocycles.